The highest BCUT2D eigenvalue weighted by Gasteiger charge is 2.25. The Labute approximate surface area is 168 Å². The zero-order chi connectivity index (χ0) is 20.4. The number of fused-ring (bicyclic) bond motifs is 1. The van der Waals surface area contributed by atoms with E-state index < -0.39 is 5.82 Å². The number of urea groups is 1. The minimum Gasteiger partial charge on any atom is -0.367 e. The van der Waals surface area contributed by atoms with E-state index in [1.807, 2.05) is 17.0 Å². The number of nitrogens with zero attached hydrogens (tertiary/aromatic N) is 5. The van der Waals surface area contributed by atoms with E-state index in [4.69, 9.17) is 0 Å². The average Bonchev–Trinajstić information content (AvgIpc) is 3.17. The van der Waals surface area contributed by atoms with Gasteiger partial charge in [-0.05, 0) is 30.9 Å². The second-order valence-electron chi connectivity index (χ2n) is 7.50. The number of likely N-dealkylation sites (tertiary alicyclic amines) is 1. The number of carbonyl (C=O) groups is 1. The zero-order valence-electron chi connectivity index (χ0n) is 16.5. The van der Waals surface area contributed by atoms with Crippen LogP contribution >= 0.6 is 0 Å². The molecule has 0 aromatic carbocycles. The maximum absolute atomic E-state index is 14.3. The highest BCUT2D eigenvalue weighted by Crippen LogP contribution is 2.26. The molecule has 4 heterocycles. The van der Waals surface area contributed by atoms with Gasteiger partial charge in [0.2, 0.25) is 0 Å². The van der Waals surface area contributed by atoms with Crippen molar-refractivity contribution in [2.24, 2.45) is 5.92 Å². The first-order chi connectivity index (χ1) is 14.0. The Kier molecular flexibility index (Phi) is 5.28. The number of nitrogens with one attached hydrogen (secondary N) is 2. The average molecular weight is 397 g/mol. The third-order valence-electron chi connectivity index (χ3n) is 5.17. The second-order valence-corrected chi connectivity index (χ2v) is 7.50. The fourth-order valence-electron chi connectivity index (χ4n) is 3.69. The predicted octanol–water partition coefficient (Wildman–Crippen LogP) is 2.96. The lowest BCUT2D eigenvalue weighted by Gasteiger charge is -2.34. The van der Waals surface area contributed by atoms with Crippen molar-refractivity contribution in [2.75, 3.05) is 39.0 Å². The number of hydrogen-bond donors (Lipinski definition) is 2. The summed E-state index contributed by atoms with van der Waals surface area (Å²) in [5.41, 5.74) is 1.51. The van der Waals surface area contributed by atoms with Crippen LogP contribution in [0.3, 0.4) is 0 Å². The number of amides is 2. The summed E-state index contributed by atoms with van der Waals surface area (Å²) in [6.07, 6.45) is 6.59. The first kappa shape index (κ1) is 19.1. The molecule has 1 saturated heterocycles. The quantitative estimate of drug-likeness (QED) is 0.706. The molecule has 0 bridgehead atoms. The lowest BCUT2D eigenvalue weighted by Crippen LogP contribution is -2.46. The van der Waals surface area contributed by atoms with Crippen LogP contribution < -0.4 is 5.32 Å². The van der Waals surface area contributed by atoms with Crippen molar-refractivity contribution >= 4 is 22.9 Å². The Balaban J connectivity index is 1.48. The van der Waals surface area contributed by atoms with Crippen molar-refractivity contribution in [3.05, 3.63) is 36.5 Å². The van der Waals surface area contributed by atoms with E-state index in [0.717, 1.165) is 36.0 Å². The molecule has 29 heavy (non-hydrogen) atoms. The maximum atomic E-state index is 14.3. The molecule has 0 unspecified atom stereocenters. The van der Waals surface area contributed by atoms with Gasteiger partial charge in [0.05, 0.1) is 6.20 Å². The molecule has 1 aliphatic heterocycles. The highest BCUT2D eigenvalue weighted by atomic mass is 19.1. The molecule has 3 aromatic rings. The zero-order valence-corrected chi connectivity index (χ0v) is 16.5. The van der Waals surface area contributed by atoms with Crippen LogP contribution in [-0.4, -0.2) is 69.5 Å². The van der Waals surface area contributed by atoms with Gasteiger partial charge >= 0.3 is 6.03 Å². The molecular weight excluding hydrogens is 373 g/mol. The van der Waals surface area contributed by atoms with Crippen LogP contribution in [0.15, 0.2) is 30.7 Å². The monoisotopic (exact) mass is 397 g/mol. The number of carbonyl (C=O) groups excluding carboxylic acids is 1. The van der Waals surface area contributed by atoms with Gasteiger partial charge in [-0.25, -0.2) is 24.1 Å². The lowest BCUT2D eigenvalue weighted by atomic mass is 9.98. The lowest BCUT2D eigenvalue weighted by molar-refractivity contribution is 0.145. The molecule has 2 N–H and O–H groups in total. The van der Waals surface area contributed by atoms with Crippen LogP contribution in [0.1, 0.15) is 12.8 Å². The van der Waals surface area contributed by atoms with Crippen LogP contribution in [0.25, 0.3) is 22.4 Å². The van der Waals surface area contributed by atoms with Crippen molar-refractivity contribution in [3.63, 3.8) is 0 Å². The van der Waals surface area contributed by atoms with Gasteiger partial charge < -0.3 is 20.1 Å². The van der Waals surface area contributed by atoms with E-state index in [-0.39, 0.29) is 17.8 Å². The molecule has 152 valence electrons. The van der Waals surface area contributed by atoms with Crippen molar-refractivity contribution in [2.45, 2.75) is 12.8 Å². The molecule has 1 atom stereocenters. The van der Waals surface area contributed by atoms with E-state index >= 15 is 0 Å². The SMILES string of the molecule is CN(C)C(=O)N1CCC[C@@H](CNc2nc(-c3c[nH]c4ncccc34)ncc2F)C1. The van der Waals surface area contributed by atoms with Crippen LogP contribution in [0.5, 0.6) is 0 Å². The number of rotatable bonds is 4. The van der Waals surface area contributed by atoms with Crippen LogP contribution in [0.4, 0.5) is 15.0 Å². The van der Waals surface area contributed by atoms with Gasteiger partial charge in [-0.2, -0.15) is 0 Å². The molecule has 0 saturated carbocycles. The molecule has 0 radical (unpaired) electrons. The minimum absolute atomic E-state index is 0.0122. The van der Waals surface area contributed by atoms with Gasteiger partial charge in [0, 0.05) is 57.1 Å². The van der Waals surface area contributed by atoms with Gasteiger partial charge in [-0.15, -0.1) is 0 Å². The van der Waals surface area contributed by atoms with E-state index in [0.29, 0.717) is 18.9 Å². The van der Waals surface area contributed by atoms with E-state index in [1.54, 1.807) is 31.4 Å². The summed E-state index contributed by atoms with van der Waals surface area (Å²) in [5.74, 6) is 0.344. The van der Waals surface area contributed by atoms with Gasteiger partial charge in [-0.3, -0.25) is 0 Å². The topological polar surface area (TPSA) is 90.0 Å². The Morgan fingerprint density at radius 1 is 1.41 bits per heavy atom. The number of halogens is 1. The number of H-pyrrole nitrogens is 1. The molecular formula is C20H24FN7O. The molecule has 1 aliphatic rings. The summed E-state index contributed by atoms with van der Waals surface area (Å²) < 4.78 is 14.3. The normalized spacial score (nSPS) is 16.8. The third kappa shape index (κ3) is 3.98. The molecule has 2 amide bonds. The molecule has 1 fully saturated rings. The van der Waals surface area contributed by atoms with Crippen molar-refractivity contribution in [1.29, 1.82) is 0 Å². The summed E-state index contributed by atoms with van der Waals surface area (Å²) in [6, 6.07) is 3.77. The highest BCUT2D eigenvalue weighted by molar-refractivity contribution is 5.91. The van der Waals surface area contributed by atoms with E-state index in [2.05, 4.69) is 25.3 Å². The molecule has 9 heteroatoms. The summed E-state index contributed by atoms with van der Waals surface area (Å²) in [7, 11) is 3.50. The van der Waals surface area contributed by atoms with Gasteiger partial charge in [-0.1, -0.05) is 0 Å². The molecule has 3 aromatic heterocycles. The molecule has 8 nitrogen and oxygen atoms in total. The predicted molar refractivity (Wildman–Crippen MR) is 109 cm³/mol. The summed E-state index contributed by atoms with van der Waals surface area (Å²) in [4.78, 5) is 31.5. The number of pyridine rings is 1. The molecule has 4 rings (SSSR count). The third-order valence-corrected chi connectivity index (χ3v) is 5.17. The second kappa shape index (κ2) is 8.02. The number of aromatic amines is 1. The van der Waals surface area contributed by atoms with Gasteiger partial charge in [0.1, 0.15) is 5.65 Å². The fraction of sp³-hybridized carbons (Fsp3) is 0.400. The van der Waals surface area contributed by atoms with E-state index in [1.165, 1.54) is 6.20 Å². The van der Waals surface area contributed by atoms with E-state index in [9.17, 15) is 9.18 Å². The van der Waals surface area contributed by atoms with Crippen LogP contribution in [0.2, 0.25) is 0 Å². The number of anilines is 1. The van der Waals surface area contributed by atoms with Crippen molar-refractivity contribution in [3.8, 4) is 11.4 Å². The van der Waals surface area contributed by atoms with Gasteiger partial charge in [0.15, 0.2) is 17.5 Å². The minimum atomic E-state index is -0.497. The van der Waals surface area contributed by atoms with Crippen molar-refractivity contribution < 1.29 is 9.18 Å². The number of piperidine rings is 1. The Morgan fingerprint density at radius 2 is 2.28 bits per heavy atom. The Bertz CT molecular complexity index is 1020. The molecule has 0 aliphatic carbocycles. The van der Waals surface area contributed by atoms with Crippen molar-refractivity contribution in [1.82, 2.24) is 29.7 Å². The number of hydrogen-bond acceptors (Lipinski definition) is 5. The Morgan fingerprint density at radius 3 is 3.10 bits per heavy atom. The fourth-order valence-corrected chi connectivity index (χ4v) is 3.69. The number of aromatic nitrogens is 4. The van der Waals surface area contributed by atoms with Crippen LogP contribution in [0, 0.1) is 11.7 Å². The maximum Gasteiger partial charge on any atom is 0.319 e. The first-order valence-corrected chi connectivity index (χ1v) is 9.68. The molecule has 0 spiro atoms. The summed E-state index contributed by atoms with van der Waals surface area (Å²) >= 11 is 0. The van der Waals surface area contributed by atoms with Crippen LogP contribution in [-0.2, 0) is 0 Å². The smallest absolute Gasteiger partial charge is 0.319 e. The standard InChI is InChI=1S/C20H24FN7O/c1-27(2)20(29)28-8-4-5-13(12-28)9-23-19-16(21)11-25-18(26-19)15-10-24-17-14(15)6-3-7-22-17/h3,6-7,10-11,13H,4-5,8-9,12H2,1-2H3,(H,22,24)(H,23,25,26)/t13-/m0/s1. The van der Waals surface area contributed by atoms with Gasteiger partial charge in [0.25, 0.3) is 0 Å². The Hall–Kier alpha value is -3.23. The first-order valence-electron chi connectivity index (χ1n) is 9.68. The summed E-state index contributed by atoms with van der Waals surface area (Å²) in [6.45, 7) is 1.95. The summed E-state index contributed by atoms with van der Waals surface area (Å²) in [5, 5.41) is 4.00. The largest absolute Gasteiger partial charge is 0.367 e.